The van der Waals surface area contributed by atoms with Gasteiger partial charge >= 0.3 is 12.5 Å². The monoisotopic (exact) mass is 497 g/mol. The first kappa shape index (κ1) is 22.4. The molecule has 0 aliphatic carbocycles. The van der Waals surface area contributed by atoms with Gasteiger partial charge in [0, 0.05) is 36.7 Å². The largest absolute Gasteiger partial charge is 0.573 e. The lowest BCUT2D eigenvalue weighted by Crippen LogP contribution is -2.75. The molecule has 34 heavy (non-hydrogen) atoms. The summed E-state index contributed by atoms with van der Waals surface area (Å²) in [5.74, 6) is -0.634. The second kappa shape index (κ2) is 7.84. The van der Waals surface area contributed by atoms with Gasteiger partial charge in [-0.3, -0.25) is 4.90 Å². The molecule has 0 spiro atoms. The zero-order chi connectivity index (χ0) is 24.3. The first-order chi connectivity index (χ1) is 16.1. The number of piperidine rings is 1. The second-order valence-electron chi connectivity index (χ2n) is 7.91. The van der Waals surface area contributed by atoms with Crippen molar-refractivity contribution in [2.24, 2.45) is 5.16 Å². The van der Waals surface area contributed by atoms with Crippen molar-refractivity contribution in [3.8, 4) is 16.3 Å². The molecule has 2 N–H and O–H groups in total. The van der Waals surface area contributed by atoms with E-state index in [2.05, 4.69) is 25.2 Å². The van der Waals surface area contributed by atoms with Gasteiger partial charge in [-0.05, 0) is 13.0 Å². The number of thiazole rings is 1. The fraction of sp³-hybridized carbons (Fsp3) is 0.400. The Morgan fingerprint density at radius 2 is 2.26 bits per heavy atom. The standard InChI is InChI=1S/C20H18F3N5O5S/c1-9(27-31-2)11-5-12(16-25-3-4-34-16)14-13(15(11)33-20(21,22)23)26-17(32-14)19-6-10(7-24-8-19)28(19)18(29)30/h3-5,10,24H,6-8H2,1-2H3,(H,29,30). The van der Waals surface area contributed by atoms with Gasteiger partial charge in [0.25, 0.3) is 0 Å². The minimum absolute atomic E-state index is 0.00639. The topological polar surface area (TPSA) is 122 Å². The number of hydrogen-bond donors (Lipinski definition) is 2. The highest BCUT2D eigenvalue weighted by Crippen LogP contribution is 2.49. The van der Waals surface area contributed by atoms with Gasteiger partial charge in [0.15, 0.2) is 16.8 Å². The molecule has 0 saturated carbocycles. The molecule has 0 radical (unpaired) electrons. The lowest BCUT2D eigenvalue weighted by Gasteiger charge is -2.58. The number of hydrogen-bond acceptors (Lipinski definition) is 9. The Labute approximate surface area is 194 Å². The third-order valence-electron chi connectivity index (χ3n) is 5.92. The molecule has 3 aliphatic rings. The fourth-order valence-electron chi connectivity index (χ4n) is 4.64. The van der Waals surface area contributed by atoms with Gasteiger partial charge in [-0.25, -0.2) is 14.8 Å². The van der Waals surface area contributed by atoms with Crippen molar-refractivity contribution in [1.29, 1.82) is 0 Å². The SMILES string of the molecule is CON=C(C)c1cc(-c2nccs2)c2oc(C34CNCC(C3)N4C(=O)O)nc2c1OC(F)(F)F. The van der Waals surface area contributed by atoms with E-state index >= 15 is 0 Å². The van der Waals surface area contributed by atoms with E-state index in [0.29, 0.717) is 23.5 Å². The average Bonchev–Trinajstić information content (AvgIpc) is 3.43. The van der Waals surface area contributed by atoms with Gasteiger partial charge in [-0.15, -0.1) is 24.5 Å². The van der Waals surface area contributed by atoms with Crippen molar-refractivity contribution in [2.75, 3.05) is 20.2 Å². The summed E-state index contributed by atoms with van der Waals surface area (Å²) in [6.45, 7) is 2.15. The molecule has 1 aromatic carbocycles. The smallest absolute Gasteiger partial charge is 0.465 e. The highest BCUT2D eigenvalue weighted by Gasteiger charge is 2.61. The maximum Gasteiger partial charge on any atom is 0.573 e. The number of oxime groups is 1. The van der Waals surface area contributed by atoms with Crippen LogP contribution in [0.4, 0.5) is 18.0 Å². The Kier molecular flexibility index (Phi) is 5.16. The molecule has 3 saturated heterocycles. The Morgan fingerprint density at radius 3 is 2.88 bits per heavy atom. The Hall–Kier alpha value is -3.39. The highest BCUT2D eigenvalue weighted by molar-refractivity contribution is 7.13. The van der Waals surface area contributed by atoms with Crippen molar-refractivity contribution >= 4 is 34.2 Å². The highest BCUT2D eigenvalue weighted by atomic mass is 32.1. The van der Waals surface area contributed by atoms with Gasteiger partial charge < -0.3 is 24.4 Å². The number of halogens is 3. The summed E-state index contributed by atoms with van der Waals surface area (Å²) in [7, 11) is 1.27. The van der Waals surface area contributed by atoms with Crippen molar-refractivity contribution in [3.05, 3.63) is 29.1 Å². The quantitative estimate of drug-likeness (QED) is 0.404. The molecule has 2 bridgehead atoms. The van der Waals surface area contributed by atoms with Crippen LogP contribution in [0.25, 0.3) is 21.7 Å². The summed E-state index contributed by atoms with van der Waals surface area (Å²) in [5, 5.41) is 18.8. The minimum Gasteiger partial charge on any atom is -0.465 e. The number of nitrogens with one attached hydrogen (secondary N) is 1. The van der Waals surface area contributed by atoms with Crippen molar-refractivity contribution in [2.45, 2.75) is 31.3 Å². The van der Waals surface area contributed by atoms with Gasteiger partial charge in [-0.2, -0.15) is 0 Å². The van der Waals surface area contributed by atoms with Crippen molar-refractivity contribution in [3.63, 3.8) is 0 Å². The minimum atomic E-state index is -5.03. The maximum atomic E-state index is 13.4. The van der Waals surface area contributed by atoms with Crippen LogP contribution in [-0.4, -0.2) is 64.4 Å². The normalized spacial score (nSPS) is 22.6. The summed E-state index contributed by atoms with van der Waals surface area (Å²) < 4.78 is 50.7. The number of rotatable bonds is 5. The van der Waals surface area contributed by atoms with E-state index in [-0.39, 0.29) is 40.9 Å². The predicted molar refractivity (Wildman–Crippen MR) is 114 cm³/mol. The molecule has 3 fully saturated rings. The van der Waals surface area contributed by atoms with Crippen LogP contribution in [0.15, 0.2) is 27.2 Å². The van der Waals surface area contributed by atoms with E-state index in [1.54, 1.807) is 11.6 Å². The summed E-state index contributed by atoms with van der Waals surface area (Å²) in [6, 6.07) is 1.14. The molecule has 2 aromatic heterocycles. The number of fused-ring (bicyclic) bond motifs is 3. The van der Waals surface area contributed by atoms with Crippen LogP contribution in [0.3, 0.4) is 0 Å². The molecule has 10 nitrogen and oxygen atoms in total. The third-order valence-corrected chi connectivity index (χ3v) is 6.73. The molecule has 3 aromatic rings. The molecule has 5 heterocycles. The molecule has 2 atom stereocenters. The van der Waals surface area contributed by atoms with Gasteiger partial charge in [0.2, 0.25) is 5.89 Å². The molecular weight excluding hydrogens is 479 g/mol. The van der Waals surface area contributed by atoms with Crippen LogP contribution in [0.5, 0.6) is 5.75 Å². The lowest BCUT2D eigenvalue weighted by atomic mass is 9.75. The van der Waals surface area contributed by atoms with Crippen molar-refractivity contribution in [1.82, 2.24) is 20.2 Å². The van der Waals surface area contributed by atoms with E-state index < -0.39 is 23.7 Å². The van der Waals surface area contributed by atoms with Crippen LogP contribution < -0.4 is 10.1 Å². The van der Waals surface area contributed by atoms with Gasteiger partial charge in [0.05, 0.1) is 17.3 Å². The Bertz CT molecular complexity index is 1290. The average molecular weight is 497 g/mol. The molecule has 2 unspecified atom stereocenters. The van der Waals surface area contributed by atoms with Crippen LogP contribution >= 0.6 is 11.3 Å². The van der Waals surface area contributed by atoms with E-state index in [9.17, 15) is 23.1 Å². The second-order valence-corrected chi connectivity index (χ2v) is 8.81. The van der Waals surface area contributed by atoms with Crippen LogP contribution in [-0.2, 0) is 10.4 Å². The molecular formula is C20H18F3N5O5S. The fourth-order valence-corrected chi connectivity index (χ4v) is 5.29. The molecule has 14 heteroatoms. The Morgan fingerprint density at radius 1 is 1.47 bits per heavy atom. The van der Waals surface area contributed by atoms with E-state index in [1.165, 1.54) is 36.3 Å². The van der Waals surface area contributed by atoms with Gasteiger partial charge in [-0.1, -0.05) is 5.16 Å². The van der Waals surface area contributed by atoms with E-state index in [4.69, 9.17) is 9.25 Å². The van der Waals surface area contributed by atoms with Crippen LogP contribution in [0.1, 0.15) is 24.8 Å². The van der Waals surface area contributed by atoms with Crippen LogP contribution in [0, 0.1) is 0 Å². The number of oxazole rings is 1. The molecule has 6 rings (SSSR count). The third kappa shape index (κ3) is 3.44. The van der Waals surface area contributed by atoms with E-state index in [0.717, 1.165) is 0 Å². The number of aromatic nitrogens is 2. The Balaban J connectivity index is 1.79. The summed E-state index contributed by atoms with van der Waals surface area (Å²) in [4.78, 5) is 26.6. The zero-order valence-electron chi connectivity index (χ0n) is 17.8. The number of alkyl halides is 3. The predicted octanol–water partition coefficient (Wildman–Crippen LogP) is 3.77. The van der Waals surface area contributed by atoms with E-state index in [1.807, 2.05) is 0 Å². The number of carboxylic acid groups (broad SMARTS) is 1. The van der Waals surface area contributed by atoms with Gasteiger partial charge in [0.1, 0.15) is 17.7 Å². The number of carbonyl (C=O) groups is 1. The lowest BCUT2D eigenvalue weighted by molar-refractivity contribution is -0.274. The number of benzene rings is 1. The first-order valence-electron chi connectivity index (χ1n) is 10.1. The number of piperazine rings is 1. The summed E-state index contributed by atoms with van der Waals surface area (Å²) >= 11 is 1.25. The van der Waals surface area contributed by atoms with Crippen molar-refractivity contribution < 1.29 is 37.1 Å². The summed E-state index contributed by atoms with van der Waals surface area (Å²) in [5.41, 5.74) is -0.880. The van der Waals surface area contributed by atoms with Crippen LogP contribution in [0.2, 0.25) is 0 Å². The molecule has 1 amide bonds. The first-order valence-corrected chi connectivity index (χ1v) is 11.0. The number of ether oxygens (including phenoxy) is 1. The molecule has 3 aliphatic heterocycles. The maximum absolute atomic E-state index is 13.4. The number of nitrogens with zero attached hydrogens (tertiary/aromatic N) is 4. The zero-order valence-corrected chi connectivity index (χ0v) is 18.7. The number of amides is 1. The summed E-state index contributed by atoms with van der Waals surface area (Å²) in [6.07, 6.45) is -4.21. The molecule has 180 valence electrons.